The second-order valence-electron chi connectivity index (χ2n) is 7.39. The van der Waals surface area contributed by atoms with Crippen molar-refractivity contribution in [2.75, 3.05) is 26.3 Å². The third-order valence-corrected chi connectivity index (χ3v) is 6.70. The summed E-state index contributed by atoms with van der Waals surface area (Å²) in [7, 11) is -3.67. The molecule has 0 spiro atoms. The molecule has 1 atom stereocenters. The second kappa shape index (κ2) is 9.09. The first-order chi connectivity index (χ1) is 14.5. The topological polar surface area (TPSA) is 91.8 Å². The highest BCUT2D eigenvalue weighted by Crippen LogP contribution is 2.23. The van der Waals surface area contributed by atoms with Gasteiger partial charge in [-0.25, -0.2) is 13.1 Å². The van der Waals surface area contributed by atoms with E-state index in [0.29, 0.717) is 18.6 Å². The molecule has 0 radical (unpaired) electrons. The van der Waals surface area contributed by atoms with Crippen molar-refractivity contribution in [3.63, 3.8) is 0 Å². The van der Waals surface area contributed by atoms with Gasteiger partial charge < -0.3 is 9.84 Å². The minimum Gasteiger partial charge on any atom is -0.491 e. The summed E-state index contributed by atoms with van der Waals surface area (Å²) < 4.78 is 34.3. The molecule has 2 heterocycles. The van der Waals surface area contributed by atoms with Gasteiger partial charge in [0, 0.05) is 37.3 Å². The van der Waals surface area contributed by atoms with Crippen LogP contribution in [0.3, 0.4) is 0 Å². The molecule has 0 saturated carbocycles. The number of pyridine rings is 1. The van der Waals surface area contributed by atoms with Crippen molar-refractivity contribution in [3.8, 4) is 5.75 Å². The number of rotatable bonds is 8. The first-order valence-electron chi connectivity index (χ1n) is 9.96. The van der Waals surface area contributed by atoms with Gasteiger partial charge in [0.2, 0.25) is 10.0 Å². The highest BCUT2D eigenvalue weighted by Gasteiger charge is 2.28. The van der Waals surface area contributed by atoms with Crippen LogP contribution < -0.4 is 9.46 Å². The Kier molecular flexibility index (Phi) is 6.29. The molecular weight excluding hydrogens is 402 g/mol. The quantitative estimate of drug-likeness (QED) is 0.572. The molecule has 7 nitrogen and oxygen atoms in total. The van der Waals surface area contributed by atoms with E-state index in [2.05, 4.69) is 14.6 Å². The van der Waals surface area contributed by atoms with Crippen LogP contribution in [0.25, 0.3) is 10.9 Å². The molecule has 2 aromatic carbocycles. The van der Waals surface area contributed by atoms with E-state index in [1.54, 1.807) is 24.4 Å². The predicted octanol–water partition coefficient (Wildman–Crippen LogP) is 2.16. The normalized spacial score (nSPS) is 17.4. The zero-order chi connectivity index (χ0) is 21.0. The van der Waals surface area contributed by atoms with Gasteiger partial charge in [-0.3, -0.25) is 9.88 Å². The molecule has 1 aliphatic heterocycles. The fraction of sp³-hybridized carbons (Fsp3) is 0.318. The van der Waals surface area contributed by atoms with Crippen LogP contribution in [-0.2, 0) is 16.6 Å². The molecule has 0 bridgehead atoms. The zero-order valence-electron chi connectivity index (χ0n) is 16.6. The highest BCUT2D eigenvalue weighted by atomic mass is 32.2. The molecule has 158 valence electrons. The number of aromatic nitrogens is 1. The summed E-state index contributed by atoms with van der Waals surface area (Å²) in [5.74, 6) is 0.724. The number of hydrogen-bond donors (Lipinski definition) is 2. The van der Waals surface area contributed by atoms with E-state index in [4.69, 9.17) is 9.84 Å². The largest absolute Gasteiger partial charge is 0.491 e. The van der Waals surface area contributed by atoms with E-state index < -0.39 is 10.0 Å². The Hall–Kier alpha value is -2.52. The van der Waals surface area contributed by atoms with Gasteiger partial charge in [0.25, 0.3) is 0 Å². The number of sulfonamides is 1. The van der Waals surface area contributed by atoms with Crippen LogP contribution in [0.15, 0.2) is 65.7 Å². The highest BCUT2D eigenvalue weighted by molar-refractivity contribution is 7.89. The summed E-state index contributed by atoms with van der Waals surface area (Å²) in [5.41, 5.74) is 1.58. The van der Waals surface area contributed by atoms with Crippen molar-refractivity contribution in [2.24, 2.45) is 0 Å². The van der Waals surface area contributed by atoms with Gasteiger partial charge in [0.15, 0.2) is 0 Å². The third kappa shape index (κ3) is 4.79. The van der Waals surface area contributed by atoms with Gasteiger partial charge in [-0.05, 0) is 36.2 Å². The lowest BCUT2D eigenvalue weighted by Gasteiger charge is -2.18. The molecule has 8 heteroatoms. The molecule has 0 aliphatic carbocycles. The number of ether oxygens (including phenoxy) is 1. The summed E-state index contributed by atoms with van der Waals surface area (Å²) in [6.45, 7) is 2.40. The molecule has 1 aliphatic rings. The number of hydrogen-bond acceptors (Lipinski definition) is 6. The standard InChI is InChI=1S/C22H25N3O4S/c26-12-13-29-20-7-1-4-17(14-20)15-25-11-9-19(16-25)24-30(27,28)21-8-2-5-18-6-3-10-23-22(18)21/h1-8,10,14,19,24,26H,9,11-13,15-16H2/t19-/m0/s1. The number of nitrogens with zero attached hydrogens (tertiary/aromatic N) is 2. The van der Waals surface area contributed by atoms with Crippen LogP contribution in [0.2, 0.25) is 0 Å². The lowest BCUT2D eigenvalue weighted by Crippen LogP contribution is -2.37. The van der Waals surface area contributed by atoms with Crippen LogP contribution >= 0.6 is 0 Å². The number of fused-ring (bicyclic) bond motifs is 1. The summed E-state index contributed by atoms with van der Waals surface area (Å²) in [6.07, 6.45) is 2.36. The maximum absolute atomic E-state index is 13.0. The van der Waals surface area contributed by atoms with Crippen LogP contribution in [-0.4, -0.2) is 55.8 Å². The van der Waals surface area contributed by atoms with E-state index in [1.165, 1.54) is 0 Å². The summed E-state index contributed by atoms with van der Waals surface area (Å²) in [5, 5.41) is 9.70. The Balaban J connectivity index is 1.41. The number of benzene rings is 2. The monoisotopic (exact) mass is 427 g/mol. The van der Waals surface area contributed by atoms with Crippen molar-refractivity contribution in [2.45, 2.75) is 23.9 Å². The lowest BCUT2D eigenvalue weighted by molar-refractivity contribution is 0.201. The molecule has 1 saturated heterocycles. The minimum absolute atomic E-state index is 0.0234. The van der Waals surface area contributed by atoms with Gasteiger partial charge in [-0.1, -0.05) is 30.3 Å². The fourth-order valence-electron chi connectivity index (χ4n) is 3.80. The summed E-state index contributed by atoms with van der Waals surface area (Å²) in [4.78, 5) is 6.70. The Morgan fingerprint density at radius 1 is 1.17 bits per heavy atom. The fourth-order valence-corrected chi connectivity index (χ4v) is 5.24. The average molecular weight is 428 g/mol. The maximum atomic E-state index is 13.0. The first-order valence-corrected chi connectivity index (χ1v) is 11.4. The summed E-state index contributed by atoms with van der Waals surface area (Å²) in [6, 6.07) is 16.5. The number of aliphatic hydroxyl groups is 1. The molecule has 2 N–H and O–H groups in total. The lowest BCUT2D eigenvalue weighted by atomic mass is 10.2. The zero-order valence-corrected chi connectivity index (χ0v) is 17.4. The van der Waals surface area contributed by atoms with Crippen LogP contribution in [0.1, 0.15) is 12.0 Å². The van der Waals surface area contributed by atoms with Gasteiger partial charge in [-0.15, -0.1) is 0 Å². The molecule has 4 rings (SSSR count). The van der Waals surface area contributed by atoms with Crippen molar-refractivity contribution >= 4 is 20.9 Å². The van der Waals surface area contributed by atoms with Crippen LogP contribution in [0.5, 0.6) is 5.75 Å². The van der Waals surface area contributed by atoms with E-state index in [0.717, 1.165) is 29.7 Å². The van der Waals surface area contributed by atoms with Gasteiger partial charge in [0.05, 0.1) is 12.1 Å². The molecular formula is C22H25N3O4S. The first kappa shape index (κ1) is 20.7. The molecule has 3 aromatic rings. The predicted molar refractivity (Wildman–Crippen MR) is 115 cm³/mol. The average Bonchev–Trinajstić information content (AvgIpc) is 3.18. The molecule has 1 aromatic heterocycles. The molecule has 0 unspecified atom stereocenters. The Morgan fingerprint density at radius 2 is 2.00 bits per heavy atom. The number of nitrogens with one attached hydrogen (secondary N) is 1. The Labute approximate surface area is 176 Å². The van der Waals surface area contributed by atoms with Crippen LogP contribution in [0.4, 0.5) is 0 Å². The SMILES string of the molecule is O=S(=O)(N[C@H]1CCN(Cc2cccc(OCCO)c2)C1)c1cccc2cccnc12. The Bertz CT molecular complexity index is 1110. The number of likely N-dealkylation sites (tertiary alicyclic amines) is 1. The van der Waals surface area contributed by atoms with Crippen LogP contribution in [0, 0.1) is 0 Å². The molecule has 30 heavy (non-hydrogen) atoms. The van der Waals surface area contributed by atoms with Crippen molar-refractivity contribution in [1.82, 2.24) is 14.6 Å². The van der Waals surface area contributed by atoms with Gasteiger partial charge >= 0.3 is 0 Å². The smallest absolute Gasteiger partial charge is 0.243 e. The van der Waals surface area contributed by atoms with Crippen molar-refractivity contribution < 1.29 is 18.3 Å². The van der Waals surface area contributed by atoms with Crippen molar-refractivity contribution in [3.05, 3.63) is 66.4 Å². The van der Waals surface area contributed by atoms with E-state index in [1.807, 2.05) is 36.4 Å². The van der Waals surface area contributed by atoms with E-state index >= 15 is 0 Å². The summed E-state index contributed by atoms with van der Waals surface area (Å²) >= 11 is 0. The van der Waals surface area contributed by atoms with Gasteiger partial charge in [-0.2, -0.15) is 0 Å². The molecule has 0 amide bonds. The molecule has 1 fully saturated rings. The van der Waals surface area contributed by atoms with Crippen molar-refractivity contribution in [1.29, 1.82) is 0 Å². The van der Waals surface area contributed by atoms with Gasteiger partial charge in [0.1, 0.15) is 17.3 Å². The van der Waals surface area contributed by atoms with E-state index in [-0.39, 0.29) is 24.2 Å². The number of aliphatic hydroxyl groups excluding tert-OH is 1. The van der Waals surface area contributed by atoms with E-state index in [9.17, 15) is 8.42 Å². The minimum atomic E-state index is -3.67. The Morgan fingerprint density at radius 3 is 2.87 bits per heavy atom. The maximum Gasteiger partial charge on any atom is 0.243 e. The number of para-hydroxylation sites is 1. The third-order valence-electron chi connectivity index (χ3n) is 5.14. The second-order valence-corrected chi connectivity index (χ2v) is 9.08.